The number of carbonyl (C=O) groups excluding carboxylic acids is 5. The predicted molar refractivity (Wildman–Crippen MR) is 358 cm³/mol. The minimum Gasteiger partial charge on any atom is -0.444 e. The number of halogens is 11. The van der Waals surface area contributed by atoms with Gasteiger partial charge in [-0.1, -0.05) is 69.5 Å². The van der Waals surface area contributed by atoms with Crippen molar-refractivity contribution in [3.05, 3.63) is 158 Å². The van der Waals surface area contributed by atoms with Crippen LogP contribution < -0.4 is 5.32 Å². The molecule has 99 heavy (non-hydrogen) atoms. The van der Waals surface area contributed by atoms with Gasteiger partial charge >= 0.3 is 30.8 Å². The van der Waals surface area contributed by atoms with Gasteiger partial charge in [-0.05, 0) is 212 Å². The quantitative estimate of drug-likeness (QED) is 0.120. The smallest absolute Gasteiger partial charge is 0.416 e. The molecule has 5 aliphatic carbocycles. The molecule has 3 aromatic heterocycles. The van der Waals surface area contributed by atoms with Crippen LogP contribution in [0.25, 0.3) is 0 Å². The molecule has 7 heterocycles. The Balaban J connectivity index is 0.000000186. The van der Waals surface area contributed by atoms with E-state index in [1.54, 1.807) is 47.5 Å². The molecular weight excluding hydrogens is 1340 g/mol. The van der Waals surface area contributed by atoms with E-state index in [1.165, 1.54) is 36.4 Å². The maximum absolute atomic E-state index is 13.4. The molecule has 27 heteroatoms. The van der Waals surface area contributed by atoms with E-state index in [0.29, 0.717) is 105 Å². The van der Waals surface area contributed by atoms with Crippen LogP contribution in [0.4, 0.5) is 44.3 Å². The summed E-state index contributed by atoms with van der Waals surface area (Å²) in [5.74, 6) is 2.06. The Labute approximate surface area is 584 Å². The van der Waals surface area contributed by atoms with E-state index < -0.39 is 40.8 Å². The van der Waals surface area contributed by atoms with Crippen LogP contribution in [0.3, 0.4) is 0 Å². The number of hydrogen-bond acceptors (Lipinski definition) is 10. The van der Waals surface area contributed by atoms with E-state index in [9.17, 15) is 53.9 Å². The van der Waals surface area contributed by atoms with Crippen LogP contribution in [0.2, 0.25) is 0 Å². The van der Waals surface area contributed by atoms with Crippen molar-refractivity contribution in [1.29, 1.82) is 0 Å². The van der Waals surface area contributed by atoms with Crippen LogP contribution in [0.15, 0.2) is 79.0 Å². The van der Waals surface area contributed by atoms with Crippen LogP contribution in [0, 0.1) is 35.5 Å². The minimum atomic E-state index is -4.32. The van der Waals surface area contributed by atoms with E-state index in [1.807, 2.05) is 30.6 Å². The summed E-state index contributed by atoms with van der Waals surface area (Å²) in [6.45, 7) is 11.3. The average molecular weight is 1430 g/mol. The van der Waals surface area contributed by atoms with Gasteiger partial charge in [0.25, 0.3) is 11.8 Å². The summed E-state index contributed by atoms with van der Waals surface area (Å²) < 4.78 is 125. The molecule has 3 unspecified atom stereocenters. The minimum absolute atomic E-state index is 0. The summed E-state index contributed by atoms with van der Waals surface area (Å²) in [5.41, 5.74) is 7.03. The standard InChI is InChI=1S/2C22H24F3N3O.C14H16F3N.C11H17N3O2.CO2.2CH4.2ClH/c2*23-22(24,25)18-7-3-1-5-16(18)13-9-14-11-28(12-15(14)10-13)21(29)20-17-6-2-4-8-19(17)26-27-20;15-14(16,17)13-4-2-1-3-12(13)9-5-10-7-18-8-11(10)6-9;1-11(2,3)16-10(15)14-5-4-9-8(7-14)6-12-13-9;2-1-3;;;;/h2*1,3,5,7,13-15H,2,4,6,8-12H2,(H,26,27);1-4,9-11,18H,5-8H2;6H,4-5,7H2,1-3H3,(H,12,13);;2*1H4;2*1H/t2*13?,14-,15+;9?,10-,11+;;;;;;. The number of likely N-dealkylation sites (tertiary alicyclic amines) is 2. The lowest BCUT2D eigenvalue weighted by Gasteiger charge is -2.29. The van der Waals surface area contributed by atoms with Crippen molar-refractivity contribution < 1.29 is 68.2 Å². The monoisotopic (exact) mass is 1430 g/mol. The van der Waals surface area contributed by atoms with Crippen molar-refractivity contribution in [2.75, 3.05) is 45.8 Å². The van der Waals surface area contributed by atoms with Crippen molar-refractivity contribution in [2.24, 2.45) is 35.5 Å². The van der Waals surface area contributed by atoms with Crippen LogP contribution >= 0.6 is 24.8 Å². The molecule has 3 amide bonds. The molecule has 3 saturated heterocycles. The zero-order valence-electron chi connectivity index (χ0n) is 54.3. The first-order chi connectivity index (χ1) is 45.3. The lowest BCUT2D eigenvalue weighted by Crippen LogP contribution is -2.39. The molecule has 0 radical (unpaired) electrons. The van der Waals surface area contributed by atoms with Crippen LogP contribution in [0.5, 0.6) is 0 Å². The van der Waals surface area contributed by atoms with E-state index in [0.717, 1.165) is 117 Å². The van der Waals surface area contributed by atoms with E-state index in [-0.39, 0.29) is 105 Å². The number of aromatic amines is 3. The molecule has 3 aromatic carbocycles. The maximum atomic E-state index is 13.4. The Bertz CT molecular complexity index is 3540. The topological polar surface area (TPSA) is 202 Å². The first kappa shape index (κ1) is 79.1. The second-order valence-electron chi connectivity index (χ2n) is 28.0. The largest absolute Gasteiger partial charge is 0.444 e. The fourth-order valence-corrected chi connectivity index (χ4v) is 16.5. The average Bonchev–Trinajstić information content (AvgIpc) is 1.62. The SMILES string of the molecule is C.C.CC(C)(C)OC(=O)N1CCc2[nH]ncc2C1.Cl.Cl.FC(F)(F)c1ccccc1C1C[C@H]2CNC[C@H]2C1.O=C(c1n[nH]c2c1CCCC2)N1C[C@H]2CC(c3ccccc3C(F)(F)F)C[C@H]2C1.O=C(c1n[nH]c2c1CCCC2)N1C[C@H]2CC(c3ccccc3C(F)(F)F)C[C@H]2C1.O=C=O. The third kappa shape index (κ3) is 18.3. The third-order valence-electron chi connectivity index (χ3n) is 20.8. The number of alkyl halides is 9. The molecule has 16 nitrogen and oxygen atoms in total. The van der Waals surface area contributed by atoms with Gasteiger partial charge in [-0.25, -0.2) is 4.79 Å². The molecule has 0 spiro atoms. The highest BCUT2D eigenvalue weighted by Crippen LogP contribution is 2.52. The summed E-state index contributed by atoms with van der Waals surface area (Å²) in [6.07, 6.45) is 2.41. The second kappa shape index (κ2) is 33.1. The molecule has 3 saturated carbocycles. The van der Waals surface area contributed by atoms with Crippen LogP contribution in [0.1, 0.15) is 206 Å². The molecule has 9 atom stereocenters. The Morgan fingerprint density at radius 1 is 0.495 bits per heavy atom. The Hall–Kier alpha value is -7.21. The number of ether oxygens (including phenoxy) is 1. The third-order valence-corrected chi connectivity index (χ3v) is 20.8. The van der Waals surface area contributed by atoms with Crippen molar-refractivity contribution in [2.45, 2.75) is 180 Å². The molecule has 4 aliphatic heterocycles. The number of amides is 3. The number of hydrogen-bond donors (Lipinski definition) is 4. The van der Waals surface area contributed by atoms with Crippen LogP contribution in [-0.2, 0) is 71.5 Å². The molecule has 9 aliphatic rings. The van der Waals surface area contributed by atoms with Gasteiger partial charge < -0.3 is 24.8 Å². The summed E-state index contributed by atoms with van der Waals surface area (Å²) in [5, 5.41) is 24.9. The molecule has 4 N–H and O–H groups in total. The highest BCUT2D eigenvalue weighted by atomic mass is 35.5. The fraction of sp³-hybridized carbons (Fsp3) is 0.569. The highest BCUT2D eigenvalue weighted by Gasteiger charge is 2.48. The zero-order valence-corrected chi connectivity index (χ0v) is 55.9. The fourth-order valence-electron chi connectivity index (χ4n) is 16.5. The van der Waals surface area contributed by atoms with Crippen molar-refractivity contribution >= 4 is 48.9 Å². The Kier molecular flexibility index (Phi) is 26.4. The predicted octanol–water partition coefficient (Wildman–Crippen LogP) is 15.8. The number of aryl methyl sites for hydroxylation is 2. The van der Waals surface area contributed by atoms with Crippen molar-refractivity contribution in [3.8, 4) is 0 Å². The summed E-state index contributed by atoms with van der Waals surface area (Å²) >= 11 is 0. The number of rotatable bonds is 5. The van der Waals surface area contributed by atoms with E-state index in [4.69, 9.17) is 14.3 Å². The number of nitrogens with one attached hydrogen (secondary N) is 4. The van der Waals surface area contributed by atoms with Gasteiger partial charge in [0.15, 0.2) is 11.4 Å². The van der Waals surface area contributed by atoms with E-state index in [2.05, 4.69) is 35.9 Å². The van der Waals surface area contributed by atoms with Gasteiger partial charge in [-0.15, -0.1) is 24.8 Å². The van der Waals surface area contributed by atoms with Gasteiger partial charge in [-0.3, -0.25) is 24.9 Å². The molecule has 15 rings (SSSR count). The number of benzene rings is 3. The second-order valence-corrected chi connectivity index (χ2v) is 28.0. The van der Waals surface area contributed by atoms with Gasteiger partial charge in [-0.2, -0.15) is 64.4 Å². The number of carbonyl (C=O) groups is 3. The number of nitrogens with zero attached hydrogens (tertiary/aromatic N) is 6. The van der Waals surface area contributed by atoms with Crippen molar-refractivity contribution in [3.63, 3.8) is 0 Å². The number of fused-ring (bicyclic) bond motifs is 6. The maximum Gasteiger partial charge on any atom is 0.416 e. The molecule has 6 fully saturated rings. The normalized spacial score (nSPS) is 23.9. The lowest BCUT2D eigenvalue weighted by molar-refractivity contribution is -0.191. The number of H-pyrrole nitrogens is 3. The Morgan fingerprint density at radius 2 is 0.848 bits per heavy atom. The summed E-state index contributed by atoms with van der Waals surface area (Å²) in [6, 6.07) is 17.9. The molecular formula is C72H91Cl2F9N10O6. The molecule has 542 valence electrons. The Morgan fingerprint density at radius 3 is 1.21 bits per heavy atom. The first-order valence-corrected chi connectivity index (χ1v) is 33.1. The van der Waals surface area contributed by atoms with Gasteiger partial charge in [0, 0.05) is 72.9 Å². The van der Waals surface area contributed by atoms with E-state index >= 15 is 0 Å². The van der Waals surface area contributed by atoms with Gasteiger partial charge in [0.1, 0.15) is 5.60 Å². The number of aromatic nitrogens is 6. The molecule has 6 aromatic rings. The van der Waals surface area contributed by atoms with Crippen LogP contribution in [-0.4, -0.2) is 121 Å². The molecule has 0 bridgehead atoms. The highest BCUT2D eigenvalue weighted by molar-refractivity contribution is 5.95. The first-order valence-electron chi connectivity index (χ1n) is 33.1. The van der Waals surface area contributed by atoms with Gasteiger partial charge in [0.05, 0.1) is 29.4 Å². The zero-order chi connectivity index (χ0) is 67.6. The summed E-state index contributed by atoms with van der Waals surface area (Å²) in [7, 11) is 0. The van der Waals surface area contributed by atoms with Crippen molar-refractivity contribution in [1.82, 2.24) is 50.6 Å². The lowest BCUT2D eigenvalue weighted by atomic mass is 9.91. The summed E-state index contributed by atoms with van der Waals surface area (Å²) in [4.78, 5) is 59.6. The van der Waals surface area contributed by atoms with Gasteiger partial charge in [0.2, 0.25) is 0 Å².